The molecule has 0 fully saturated rings. The third kappa shape index (κ3) is 5.15. The predicted molar refractivity (Wildman–Crippen MR) is 139 cm³/mol. The molecule has 0 aliphatic heterocycles. The molecule has 0 spiro atoms. The number of rotatable bonds is 6. The quantitative estimate of drug-likeness (QED) is 0.283. The average Bonchev–Trinajstić information content (AvgIpc) is 3.29. The van der Waals surface area contributed by atoms with Gasteiger partial charge in [0.15, 0.2) is 17.3 Å². The Morgan fingerprint density at radius 2 is 2.00 bits per heavy atom. The molecule has 0 saturated heterocycles. The molecule has 0 saturated carbocycles. The van der Waals surface area contributed by atoms with Gasteiger partial charge in [-0.2, -0.15) is 18.4 Å². The van der Waals surface area contributed by atoms with Gasteiger partial charge in [0.25, 0.3) is 5.56 Å². The second-order valence-corrected chi connectivity index (χ2v) is 9.96. The van der Waals surface area contributed by atoms with Crippen LogP contribution < -0.4 is 15.0 Å². The van der Waals surface area contributed by atoms with Crippen LogP contribution in [0.3, 0.4) is 0 Å². The normalized spacial score (nSPS) is 13.7. The van der Waals surface area contributed by atoms with Crippen molar-refractivity contribution < 1.29 is 22.6 Å². The van der Waals surface area contributed by atoms with Crippen molar-refractivity contribution in [1.82, 2.24) is 9.97 Å². The summed E-state index contributed by atoms with van der Waals surface area (Å²) in [5.74, 6) is 0.857. The largest absolute Gasteiger partial charge is 0.493 e. The Morgan fingerprint density at radius 3 is 2.76 bits per heavy atom. The molecule has 1 aliphatic carbocycles. The molecule has 5 rings (SSSR count). The lowest BCUT2D eigenvalue weighted by atomic mass is 9.97. The highest BCUT2D eigenvalue weighted by atomic mass is 32.1. The Morgan fingerprint density at radius 1 is 1.18 bits per heavy atom. The number of alkyl halides is 3. The number of ether oxygens (including phenoxy) is 2. The number of fused-ring (bicyclic) bond motifs is 3. The number of thiophene rings is 1. The third-order valence-electron chi connectivity index (χ3n) is 6.35. The Bertz CT molecular complexity index is 1650. The van der Waals surface area contributed by atoms with E-state index in [4.69, 9.17) is 9.47 Å². The number of aryl methyl sites for hydroxylation is 2. The molecule has 1 N–H and O–H groups in total. The summed E-state index contributed by atoms with van der Waals surface area (Å²) in [6.45, 7) is -0.0884. The van der Waals surface area contributed by atoms with Crippen LogP contribution in [-0.4, -0.2) is 17.1 Å². The first-order valence-electron chi connectivity index (χ1n) is 11.9. The van der Waals surface area contributed by atoms with Crippen molar-refractivity contribution in [3.8, 4) is 17.6 Å². The molecule has 2 aromatic carbocycles. The van der Waals surface area contributed by atoms with Crippen LogP contribution in [0.5, 0.6) is 11.5 Å². The molecule has 0 unspecified atom stereocenters. The van der Waals surface area contributed by atoms with E-state index in [1.165, 1.54) is 29.4 Å². The van der Waals surface area contributed by atoms with Gasteiger partial charge in [0, 0.05) is 4.88 Å². The SMILES string of the molecule is COc1cc(/C=C(/C#N)c2nc3sc4c(c3c(=O)[nH]2)CCCC4)ccc1OCc1cccc(C(F)(F)F)c1. The second kappa shape index (κ2) is 10.3. The van der Waals surface area contributed by atoms with Gasteiger partial charge in [-0.05, 0) is 72.7 Å². The molecule has 10 heteroatoms. The number of H-pyrrole nitrogens is 1. The van der Waals surface area contributed by atoms with E-state index in [1.807, 2.05) is 0 Å². The van der Waals surface area contributed by atoms with Crippen LogP contribution in [0, 0.1) is 11.3 Å². The van der Waals surface area contributed by atoms with Gasteiger partial charge in [-0.15, -0.1) is 11.3 Å². The Labute approximate surface area is 220 Å². The summed E-state index contributed by atoms with van der Waals surface area (Å²) in [4.78, 5) is 22.1. The van der Waals surface area contributed by atoms with Crippen LogP contribution in [0.1, 0.15) is 45.8 Å². The van der Waals surface area contributed by atoms with Gasteiger partial charge < -0.3 is 14.5 Å². The molecule has 0 atom stereocenters. The number of aromatic nitrogens is 2. The lowest BCUT2D eigenvalue weighted by Gasteiger charge is -2.13. The summed E-state index contributed by atoms with van der Waals surface area (Å²) >= 11 is 1.51. The van der Waals surface area contributed by atoms with Crippen molar-refractivity contribution in [2.45, 2.75) is 38.5 Å². The number of methoxy groups -OCH3 is 1. The van der Waals surface area contributed by atoms with Gasteiger partial charge in [-0.25, -0.2) is 4.98 Å². The van der Waals surface area contributed by atoms with Gasteiger partial charge in [0.05, 0.1) is 23.6 Å². The molecule has 2 aromatic heterocycles. The zero-order valence-corrected chi connectivity index (χ0v) is 21.1. The molecule has 194 valence electrons. The fraction of sp³-hybridized carbons (Fsp3) is 0.250. The monoisotopic (exact) mass is 537 g/mol. The molecular formula is C28H22F3N3O3S. The first-order chi connectivity index (χ1) is 18.3. The molecule has 0 radical (unpaired) electrons. The number of aromatic amines is 1. The summed E-state index contributed by atoms with van der Waals surface area (Å²) < 4.78 is 50.1. The molecular weight excluding hydrogens is 515 g/mol. The van der Waals surface area contributed by atoms with Crippen LogP contribution in [0.15, 0.2) is 47.3 Å². The highest BCUT2D eigenvalue weighted by Crippen LogP contribution is 2.35. The number of nitrogens with one attached hydrogen (secondary N) is 1. The first kappa shape index (κ1) is 25.5. The van der Waals surface area contributed by atoms with Crippen molar-refractivity contribution in [3.05, 3.63) is 85.8 Å². The van der Waals surface area contributed by atoms with Crippen LogP contribution in [-0.2, 0) is 25.6 Å². The Hall–Kier alpha value is -4.10. The minimum Gasteiger partial charge on any atom is -0.493 e. The molecule has 6 nitrogen and oxygen atoms in total. The topological polar surface area (TPSA) is 88.0 Å². The fourth-order valence-electron chi connectivity index (χ4n) is 4.50. The van der Waals surface area contributed by atoms with Crippen LogP contribution in [0.25, 0.3) is 21.9 Å². The van der Waals surface area contributed by atoms with Crippen molar-refractivity contribution in [1.29, 1.82) is 5.26 Å². The maximum Gasteiger partial charge on any atom is 0.416 e. The maximum atomic E-state index is 13.0. The van der Waals surface area contributed by atoms with Crippen LogP contribution in [0.4, 0.5) is 13.2 Å². The second-order valence-electron chi connectivity index (χ2n) is 8.87. The summed E-state index contributed by atoms with van der Waals surface area (Å²) in [6.07, 6.45) is 1.08. The van der Waals surface area contributed by atoms with Crippen molar-refractivity contribution >= 4 is 33.2 Å². The van der Waals surface area contributed by atoms with Gasteiger partial charge in [-0.3, -0.25) is 4.79 Å². The summed E-state index contributed by atoms with van der Waals surface area (Å²) in [7, 11) is 1.44. The standard InChI is InChI=1S/C28H22F3N3O3S/c1-36-22-13-16(9-10-21(22)37-15-17-5-4-6-19(12-17)28(29,30)31)11-18(14-32)25-33-26(35)24-20-7-2-3-8-23(20)38-27(24)34-25/h4-6,9-13H,2-3,7-8,15H2,1H3,(H,33,34,35)/b18-11-. The molecule has 38 heavy (non-hydrogen) atoms. The van der Waals surface area contributed by atoms with Gasteiger partial charge in [0.2, 0.25) is 0 Å². The third-order valence-corrected chi connectivity index (χ3v) is 7.53. The highest BCUT2D eigenvalue weighted by Gasteiger charge is 2.30. The van der Waals surface area contributed by atoms with E-state index in [-0.39, 0.29) is 23.6 Å². The summed E-state index contributed by atoms with van der Waals surface area (Å²) in [5.41, 5.74) is 1.21. The number of allylic oxidation sites excluding steroid dienone is 1. The smallest absolute Gasteiger partial charge is 0.416 e. The lowest BCUT2D eigenvalue weighted by Crippen LogP contribution is -2.12. The van der Waals surface area contributed by atoms with Gasteiger partial charge in [0.1, 0.15) is 17.5 Å². The summed E-state index contributed by atoms with van der Waals surface area (Å²) in [6, 6.07) is 12.0. The molecule has 0 bridgehead atoms. The van der Waals surface area contributed by atoms with Crippen molar-refractivity contribution in [2.24, 2.45) is 0 Å². The van der Waals surface area contributed by atoms with Gasteiger partial charge in [-0.1, -0.05) is 18.2 Å². The van der Waals surface area contributed by atoms with E-state index in [9.17, 15) is 23.2 Å². The number of nitrogens with zero attached hydrogens (tertiary/aromatic N) is 2. The van der Waals surface area contributed by atoms with Crippen molar-refractivity contribution in [2.75, 3.05) is 7.11 Å². The minimum atomic E-state index is -4.44. The van der Waals surface area contributed by atoms with E-state index < -0.39 is 11.7 Å². The average molecular weight is 538 g/mol. The molecule has 2 heterocycles. The maximum absolute atomic E-state index is 13.0. The molecule has 1 aliphatic rings. The van der Waals surface area contributed by atoms with E-state index >= 15 is 0 Å². The molecule has 0 amide bonds. The van der Waals surface area contributed by atoms with E-state index in [0.29, 0.717) is 32.8 Å². The zero-order valence-electron chi connectivity index (χ0n) is 20.3. The fourth-order valence-corrected chi connectivity index (χ4v) is 5.77. The van der Waals surface area contributed by atoms with Gasteiger partial charge >= 0.3 is 6.18 Å². The first-order valence-corrected chi connectivity index (χ1v) is 12.7. The van der Waals surface area contributed by atoms with Crippen molar-refractivity contribution in [3.63, 3.8) is 0 Å². The number of halogens is 3. The summed E-state index contributed by atoms with van der Waals surface area (Å²) in [5, 5.41) is 10.4. The zero-order chi connectivity index (χ0) is 26.9. The van der Waals surface area contributed by atoms with Crippen LogP contribution >= 0.6 is 11.3 Å². The number of hydrogen-bond donors (Lipinski definition) is 1. The highest BCUT2D eigenvalue weighted by molar-refractivity contribution is 7.18. The van der Waals surface area contributed by atoms with E-state index in [0.717, 1.165) is 43.4 Å². The Kier molecular flexibility index (Phi) is 6.95. The molecule has 4 aromatic rings. The van der Waals surface area contributed by atoms with E-state index in [1.54, 1.807) is 30.3 Å². The van der Waals surface area contributed by atoms with E-state index in [2.05, 4.69) is 16.0 Å². The number of benzene rings is 2. The lowest BCUT2D eigenvalue weighted by molar-refractivity contribution is -0.137. The van der Waals surface area contributed by atoms with Crippen LogP contribution in [0.2, 0.25) is 0 Å². The Balaban J connectivity index is 1.41. The predicted octanol–water partition coefficient (Wildman–Crippen LogP) is 6.53. The number of nitriles is 1. The minimum absolute atomic E-state index is 0.0884. The number of hydrogen-bond acceptors (Lipinski definition) is 6.